The Kier molecular flexibility index (Phi) is 74.7. The maximum Gasteiger partial charge on any atom is 0.472 e. The number of hydrogen-bond acceptors (Lipinski definition) is 7. The molecule has 0 aromatic rings. The number of carbonyl (C=O) groups is 2. The number of phosphoric acid groups is 1. The van der Waals surface area contributed by atoms with E-state index in [1.54, 1.807) is 0 Å². The van der Waals surface area contributed by atoms with Crippen LogP contribution in [0.3, 0.4) is 0 Å². The molecule has 0 spiro atoms. The molecule has 1 N–H and O–H groups in total. The van der Waals surface area contributed by atoms with Gasteiger partial charge in [0.1, 0.15) is 19.8 Å². The average molecular weight is 1380 g/mol. The minimum Gasteiger partial charge on any atom is -0.462 e. The van der Waals surface area contributed by atoms with Crippen molar-refractivity contribution in [1.29, 1.82) is 0 Å². The summed E-state index contributed by atoms with van der Waals surface area (Å²) in [6.07, 6.45) is 109. The van der Waals surface area contributed by atoms with Crippen molar-refractivity contribution in [3.63, 3.8) is 0 Å². The predicted molar refractivity (Wildman–Crippen MR) is 422 cm³/mol. The number of phosphoric ester groups is 1. The first-order valence-electron chi connectivity index (χ1n) is 41.5. The minimum absolute atomic E-state index is 0.0301. The Morgan fingerprint density at radius 3 is 0.876 bits per heavy atom. The van der Waals surface area contributed by atoms with E-state index >= 15 is 0 Å². The van der Waals surface area contributed by atoms with Gasteiger partial charge < -0.3 is 18.9 Å². The number of quaternary nitrogens is 1. The number of ether oxygens (including phenoxy) is 2. The summed E-state index contributed by atoms with van der Waals surface area (Å²) in [7, 11) is 1.49. The lowest BCUT2D eigenvalue weighted by Crippen LogP contribution is -2.37. The van der Waals surface area contributed by atoms with Gasteiger partial charge in [-0.05, 0) is 77.0 Å². The highest BCUT2D eigenvalue weighted by molar-refractivity contribution is 7.47. The molecule has 97 heavy (non-hydrogen) atoms. The Hall–Kier alpha value is -3.07. The van der Waals surface area contributed by atoms with Gasteiger partial charge >= 0.3 is 19.8 Å². The van der Waals surface area contributed by atoms with E-state index in [1.165, 1.54) is 270 Å². The third kappa shape index (κ3) is 81.8. The first-order chi connectivity index (χ1) is 47.5. The van der Waals surface area contributed by atoms with Crippen molar-refractivity contribution in [2.24, 2.45) is 0 Å². The summed E-state index contributed by atoms with van der Waals surface area (Å²) in [5.41, 5.74) is 0. The molecule has 9 nitrogen and oxygen atoms in total. The first kappa shape index (κ1) is 93.9. The molecule has 10 heteroatoms. The molecule has 0 rings (SSSR count). The van der Waals surface area contributed by atoms with Gasteiger partial charge in [-0.15, -0.1) is 0 Å². The van der Waals surface area contributed by atoms with Crippen LogP contribution in [0.5, 0.6) is 0 Å². The Bertz CT molecular complexity index is 1960. The monoisotopic (exact) mass is 1380 g/mol. The number of carbonyl (C=O) groups excluding carboxylic acids is 2. The zero-order valence-electron chi connectivity index (χ0n) is 64.6. The lowest BCUT2D eigenvalue weighted by molar-refractivity contribution is -0.870. The molecule has 564 valence electrons. The van der Waals surface area contributed by atoms with Crippen molar-refractivity contribution in [2.45, 2.75) is 399 Å². The molecule has 2 unspecified atom stereocenters. The fraction of sp³-hybridized carbons (Fsp3) is 0.793. The van der Waals surface area contributed by atoms with Crippen LogP contribution < -0.4 is 0 Å². The van der Waals surface area contributed by atoms with Gasteiger partial charge in [0.25, 0.3) is 0 Å². The summed E-state index contributed by atoms with van der Waals surface area (Å²) in [6, 6.07) is 0. The lowest BCUT2D eigenvalue weighted by atomic mass is 10.0. The number of esters is 2. The molecule has 0 saturated carbocycles. The van der Waals surface area contributed by atoms with Crippen molar-refractivity contribution >= 4 is 19.8 Å². The first-order valence-corrected chi connectivity index (χ1v) is 43.0. The van der Waals surface area contributed by atoms with Crippen molar-refractivity contribution in [3.05, 3.63) is 97.2 Å². The van der Waals surface area contributed by atoms with Crippen LogP contribution in [0.2, 0.25) is 0 Å². The van der Waals surface area contributed by atoms with Crippen LogP contribution in [-0.4, -0.2) is 74.9 Å². The SMILES string of the molecule is CC/C=C\C/C=C\C/C=C\C/C=C\C/C=C\C/C=C\C/C=C\C/C=C\CCCCCCCCCCCCCCC(=O)OC(COC(=O)CCCCCCCCCCCCCCCCCCCCCCCCCCCCCCCCCCCCCC)COP(=O)(O)OCC[N+](C)(C)C. The highest BCUT2D eigenvalue weighted by atomic mass is 31.2. The Morgan fingerprint density at radius 2 is 0.588 bits per heavy atom. The molecule has 0 aliphatic rings. The number of rotatable bonds is 77. The lowest BCUT2D eigenvalue weighted by Gasteiger charge is -2.24. The number of likely N-dealkylation sites (N-methyl/N-ethyl adjacent to an activating group) is 1. The fourth-order valence-corrected chi connectivity index (χ4v) is 12.8. The van der Waals surface area contributed by atoms with E-state index in [0.29, 0.717) is 23.9 Å². The van der Waals surface area contributed by atoms with Crippen LogP contribution >= 0.6 is 7.82 Å². The molecule has 0 fully saturated rings. The average Bonchev–Trinajstić information content (AvgIpc) is 1.41. The van der Waals surface area contributed by atoms with Crippen LogP contribution in [0.4, 0.5) is 0 Å². The Balaban J connectivity index is 3.95. The smallest absolute Gasteiger partial charge is 0.462 e. The largest absolute Gasteiger partial charge is 0.472 e. The normalized spacial score (nSPS) is 13.5. The van der Waals surface area contributed by atoms with Gasteiger partial charge in [-0.1, -0.05) is 400 Å². The van der Waals surface area contributed by atoms with Crippen LogP contribution in [0, 0.1) is 0 Å². The second-order valence-electron chi connectivity index (χ2n) is 29.1. The van der Waals surface area contributed by atoms with E-state index in [-0.39, 0.29) is 25.6 Å². The van der Waals surface area contributed by atoms with E-state index in [1.807, 2.05) is 21.1 Å². The molecule has 0 amide bonds. The molecule has 0 saturated heterocycles. The third-order valence-corrected chi connectivity index (χ3v) is 19.4. The molecule has 0 aromatic heterocycles. The minimum atomic E-state index is -4.40. The molecular weight excluding hydrogens is 1220 g/mol. The summed E-state index contributed by atoms with van der Waals surface area (Å²) in [5.74, 6) is -0.785. The van der Waals surface area contributed by atoms with E-state index < -0.39 is 26.5 Å². The fourth-order valence-electron chi connectivity index (χ4n) is 12.1. The zero-order chi connectivity index (χ0) is 70.4. The van der Waals surface area contributed by atoms with Gasteiger partial charge in [0, 0.05) is 12.8 Å². The number of unbranched alkanes of at least 4 members (excludes halogenated alkanes) is 47. The quantitative estimate of drug-likeness (QED) is 0.0211. The molecular formula is C87H159NO8P+. The zero-order valence-corrected chi connectivity index (χ0v) is 65.5. The summed E-state index contributed by atoms with van der Waals surface area (Å²) in [4.78, 5) is 36.0. The predicted octanol–water partition coefficient (Wildman–Crippen LogP) is 27.8. The van der Waals surface area contributed by atoms with E-state index in [4.69, 9.17) is 18.5 Å². The number of nitrogens with zero attached hydrogens (tertiary/aromatic N) is 1. The second-order valence-corrected chi connectivity index (χ2v) is 30.6. The summed E-state index contributed by atoms with van der Waals surface area (Å²) in [5, 5.41) is 0. The molecule has 0 radical (unpaired) electrons. The summed E-state index contributed by atoms with van der Waals surface area (Å²) >= 11 is 0. The van der Waals surface area contributed by atoms with Gasteiger partial charge in [0.05, 0.1) is 27.7 Å². The molecule has 2 atom stereocenters. The van der Waals surface area contributed by atoms with Gasteiger partial charge in [0.15, 0.2) is 6.10 Å². The Morgan fingerprint density at radius 1 is 0.330 bits per heavy atom. The Labute approximate surface area is 602 Å². The highest BCUT2D eigenvalue weighted by Crippen LogP contribution is 2.43. The number of hydrogen-bond donors (Lipinski definition) is 1. The maximum absolute atomic E-state index is 12.9. The second kappa shape index (κ2) is 77.1. The topological polar surface area (TPSA) is 108 Å². The standard InChI is InChI=1S/C87H158NO8P/c1-6-8-10-12-14-16-18-20-22-24-26-28-30-32-34-36-38-40-42-44-46-48-50-52-54-56-58-60-62-64-66-68-70-72-74-76-78-80-87(90)96-85(84-95-97(91,92)94-82-81-88(3,4)5)83-93-86(89)79-77-75-73-71-69-67-65-63-61-59-57-55-53-51-49-47-45-43-41-39-37-35-33-31-29-27-25-23-21-19-17-15-13-11-9-7-2/h8,10,14,16,20,22,26,28,32,34,38,40,44,46,50,52,85H,6-7,9,11-13,15,17-19,21,23-25,27,29-31,33,35-37,39,41-43,45,47-49,51,53-84H2,1-5H3/p+1/b10-8-,16-14-,22-20-,28-26-,34-32-,40-38-,46-44-,52-50-. The van der Waals surface area contributed by atoms with Crippen LogP contribution in [0.1, 0.15) is 393 Å². The molecule has 0 bridgehead atoms. The van der Waals surface area contributed by atoms with Crippen molar-refractivity contribution in [1.82, 2.24) is 0 Å². The summed E-state index contributed by atoms with van der Waals surface area (Å²) in [6.45, 7) is 4.37. The van der Waals surface area contributed by atoms with Crippen LogP contribution in [0.15, 0.2) is 97.2 Å². The van der Waals surface area contributed by atoms with Crippen molar-refractivity contribution in [2.75, 3.05) is 47.5 Å². The van der Waals surface area contributed by atoms with Crippen LogP contribution in [0.25, 0.3) is 0 Å². The van der Waals surface area contributed by atoms with E-state index in [0.717, 1.165) is 89.9 Å². The third-order valence-electron chi connectivity index (χ3n) is 18.4. The molecule has 0 aliphatic carbocycles. The summed E-state index contributed by atoms with van der Waals surface area (Å²) < 4.78 is 34.8. The van der Waals surface area contributed by atoms with Crippen LogP contribution in [-0.2, 0) is 32.7 Å². The van der Waals surface area contributed by atoms with E-state index in [9.17, 15) is 19.0 Å². The number of allylic oxidation sites excluding steroid dienone is 16. The van der Waals surface area contributed by atoms with Gasteiger partial charge in [-0.3, -0.25) is 18.6 Å². The van der Waals surface area contributed by atoms with Gasteiger partial charge in [-0.25, -0.2) is 4.57 Å². The van der Waals surface area contributed by atoms with Crippen molar-refractivity contribution in [3.8, 4) is 0 Å². The molecule has 0 aliphatic heterocycles. The van der Waals surface area contributed by atoms with Gasteiger partial charge in [0.2, 0.25) is 0 Å². The van der Waals surface area contributed by atoms with Crippen molar-refractivity contribution < 1.29 is 42.1 Å². The maximum atomic E-state index is 12.9. The molecule has 0 aromatic carbocycles. The highest BCUT2D eigenvalue weighted by Gasteiger charge is 2.27. The molecule has 0 heterocycles. The van der Waals surface area contributed by atoms with Gasteiger partial charge in [-0.2, -0.15) is 0 Å². The van der Waals surface area contributed by atoms with E-state index in [2.05, 4.69) is 111 Å².